The Morgan fingerprint density at radius 1 is 1.18 bits per heavy atom. The summed E-state index contributed by atoms with van der Waals surface area (Å²) < 4.78 is 1.70. The summed E-state index contributed by atoms with van der Waals surface area (Å²) in [4.78, 5) is 35.5. The number of nitrogens with two attached hydrogens (primary N) is 2. The first-order chi connectivity index (χ1) is 10.5. The Kier molecular flexibility index (Phi) is 3.06. The minimum absolute atomic E-state index is 0.0947. The van der Waals surface area contributed by atoms with Crippen LogP contribution in [-0.4, -0.2) is 31.2 Å². The van der Waals surface area contributed by atoms with E-state index in [9.17, 15) is 9.59 Å². The SMILES string of the molecule is Cn1cc(C(=O)c2ccc(C(N)=O)nc2)c2c(N)ncnc21. The summed E-state index contributed by atoms with van der Waals surface area (Å²) in [7, 11) is 1.76. The van der Waals surface area contributed by atoms with Crippen LogP contribution in [0.4, 0.5) is 5.82 Å². The third-order valence-electron chi connectivity index (χ3n) is 3.31. The molecule has 4 N–H and O–H groups in total. The van der Waals surface area contributed by atoms with E-state index in [4.69, 9.17) is 11.5 Å². The summed E-state index contributed by atoms with van der Waals surface area (Å²) in [5.41, 5.74) is 12.3. The van der Waals surface area contributed by atoms with Gasteiger partial charge in [-0.25, -0.2) is 9.97 Å². The Hall–Kier alpha value is -3.29. The van der Waals surface area contributed by atoms with Crippen molar-refractivity contribution in [3.63, 3.8) is 0 Å². The quantitative estimate of drug-likeness (QED) is 0.667. The van der Waals surface area contributed by atoms with Crippen LogP contribution in [0.1, 0.15) is 26.4 Å². The molecular formula is C14H12N6O2. The molecule has 0 unspecified atom stereocenters. The molecule has 0 atom stereocenters. The number of hydrogen-bond donors (Lipinski definition) is 2. The molecule has 110 valence electrons. The summed E-state index contributed by atoms with van der Waals surface area (Å²) >= 11 is 0. The third-order valence-corrected chi connectivity index (χ3v) is 3.31. The van der Waals surface area contributed by atoms with Crippen molar-refractivity contribution in [3.05, 3.63) is 47.7 Å². The Morgan fingerprint density at radius 2 is 1.95 bits per heavy atom. The minimum atomic E-state index is -0.651. The number of nitrogen functional groups attached to an aromatic ring is 1. The van der Waals surface area contributed by atoms with Crippen LogP contribution in [0.5, 0.6) is 0 Å². The molecule has 3 rings (SSSR count). The highest BCUT2D eigenvalue weighted by molar-refractivity contribution is 6.17. The lowest BCUT2D eigenvalue weighted by Crippen LogP contribution is -2.13. The second-order valence-corrected chi connectivity index (χ2v) is 4.74. The van der Waals surface area contributed by atoms with Crippen LogP contribution in [0.2, 0.25) is 0 Å². The fourth-order valence-corrected chi connectivity index (χ4v) is 2.24. The highest BCUT2D eigenvalue weighted by Crippen LogP contribution is 2.25. The standard InChI is InChI=1S/C14H12N6O2/c1-20-5-8(10-12(15)18-6-19-14(10)20)11(21)7-2-3-9(13(16)22)17-4-7/h2-6H,1H3,(H2,16,22)(H2,15,18,19). The van der Waals surface area contributed by atoms with Crippen molar-refractivity contribution in [2.24, 2.45) is 12.8 Å². The first-order valence-corrected chi connectivity index (χ1v) is 6.35. The number of hydrogen-bond acceptors (Lipinski definition) is 6. The lowest BCUT2D eigenvalue weighted by atomic mass is 10.1. The molecule has 3 heterocycles. The van der Waals surface area contributed by atoms with E-state index in [1.54, 1.807) is 17.8 Å². The predicted molar refractivity (Wildman–Crippen MR) is 79.1 cm³/mol. The van der Waals surface area contributed by atoms with Gasteiger partial charge in [-0.2, -0.15) is 0 Å². The smallest absolute Gasteiger partial charge is 0.267 e. The maximum atomic E-state index is 12.6. The van der Waals surface area contributed by atoms with Gasteiger partial charge in [0.15, 0.2) is 5.78 Å². The number of amides is 1. The second-order valence-electron chi connectivity index (χ2n) is 4.74. The van der Waals surface area contributed by atoms with E-state index in [1.807, 2.05) is 0 Å². The van der Waals surface area contributed by atoms with Crippen molar-refractivity contribution in [3.8, 4) is 0 Å². The van der Waals surface area contributed by atoms with E-state index in [0.29, 0.717) is 22.2 Å². The van der Waals surface area contributed by atoms with E-state index in [1.165, 1.54) is 24.7 Å². The molecule has 0 spiro atoms. The van der Waals surface area contributed by atoms with Gasteiger partial charge in [-0.05, 0) is 12.1 Å². The molecular weight excluding hydrogens is 284 g/mol. The Bertz CT molecular complexity index is 898. The average molecular weight is 296 g/mol. The first kappa shape index (κ1) is 13.7. The Balaban J connectivity index is 2.11. The van der Waals surface area contributed by atoms with E-state index in [0.717, 1.165) is 0 Å². The monoisotopic (exact) mass is 296 g/mol. The van der Waals surface area contributed by atoms with Gasteiger partial charge >= 0.3 is 0 Å². The molecule has 1 amide bonds. The van der Waals surface area contributed by atoms with E-state index < -0.39 is 5.91 Å². The molecule has 3 aromatic heterocycles. The summed E-state index contributed by atoms with van der Waals surface area (Å²) in [5.74, 6) is -0.701. The van der Waals surface area contributed by atoms with Crippen molar-refractivity contribution >= 4 is 28.5 Å². The number of aromatic nitrogens is 4. The maximum absolute atomic E-state index is 12.6. The molecule has 3 aromatic rings. The molecule has 0 saturated carbocycles. The molecule has 0 aliphatic heterocycles. The second kappa shape index (κ2) is 4.92. The number of pyridine rings is 1. The largest absolute Gasteiger partial charge is 0.383 e. The van der Waals surface area contributed by atoms with Gasteiger partial charge in [0.1, 0.15) is 23.5 Å². The van der Waals surface area contributed by atoms with Crippen molar-refractivity contribution in [2.45, 2.75) is 0 Å². The normalized spacial score (nSPS) is 10.8. The summed E-state index contributed by atoms with van der Waals surface area (Å²) in [6.45, 7) is 0. The molecule has 0 saturated heterocycles. The molecule has 0 fully saturated rings. The van der Waals surface area contributed by atoms with Gasteiger partial charge in [-0.3, -0.25) is 14.6 Å². The predicted octanol–water partition coefficient (Wildman–Crippen LogP) is 0.275. The molecule has 8 nitrogen and oxygen atoms in total. The molecule has 0 aliphatic carbocycles. The minimum Gasteiger partial charge on any atom is -0.383 e. The molecule has 0 aromatic carbocycles. The van der Waals surface area contributed by atoms with Gasteiger partial charge in [0.2, 0.25) is 0 Å². The number of fused-ring (bicyclic) bond motifs is 1. The fraction of sp³-hybridized carbons (Fsp3) is 0.0714. The van der Waals surface area contributed by atoms with Crippen LogP contribution >= 0.6 is 0 Å². The zero-order valence-corrected chi connectivity index (χ0v) is 11.6. The zero-order valence-electron chi connectivity index (χ0n) is 11.6. The van der Waals surface area contributed by atoms with Crippen LogP contribution < -0.4 is 11.5 Å². The fourth-order valence-electron chi connectivity index (χ4n) is 2.24. The van der Waals surface area contributed by atoms with Gasteiger partial charge in [-0.1, -0.05) is 0 Å². The molecule has 0 aliphatic rings. The molecule has 0 bridgehead atoms. The maximum Gasteiger partial charge on any atom is 0.267 e. The van der Waals surface area contributed by atoms with Gasteiger partial charge in [0.25, 0.3) is 5.91 Å². The first-order valence-electron chi connectivity index (χ1n) is 6.35. The number of primary amides is 1. The number of carbonyl (C=O) groups is 2. The number of carbonyl (C=O) groups excluding carboxylic acids is 2. The van der Waals surface area contributed by atoms with Crippen LogP contribution in [0.25, 0.3) is 11.0 Å². The molecule has 0 radical (unpaired) electrons. The Labute approximate surface area is 124 Å². The van der Waals surface area contributed by atoms with Crippen LogP contribution in [-0.2, 0) is 7.05 Å². The van der Waals surface area contributed by atoms with Gasteiger partial charge < -0.3 is 16.0 Å². The van der Waals surface area contributed by atoms with Crippen LogP contribution in [0.3, 0.4) is 0 Å². The van der Waals surface area contributed by atoms with E-state index >= 15 is 0 Å². The number of nitrogens with zero attached hydrogens (tertiary/aromatic N) is 4. The third kappa shape index (κ3) is 2.06. The van der Waals surface area contributed by atoms with E-state index in [2.05, 4.69) is 15.0 Å². The average Bonchev–Trinajstić information content (AvgIpc) is 2.85. The summed E-state index contributed by atoms with van der Waals surface area (Å²) in [6, 6.07) is 2.90. The molecule has 8 heteroatoms. The van der Waals surface area contributed by atoms with Crippen molar-refractivity contribution in [2.75, 3.05) is 5.73 Å². The van der Waals surface area contributed by atoms with Gasteiger partial charge in [0.05, 0.1) is 10.9 Å². The summed E-state index contributed by atoms with van der Waals surface area (Å²) in [5, 5.41) is 0.494. The van der Waals surface area contributed by atoms with Crippen LogP contribution in [0, 0.1) is 0 Å². The van der Waals surface area contributed by atoms with Crippen molar-refractivity contribution in [1.29, 1.82) is 0 Å². The van der Waals surface area contributed by atoms with Crippen molar-refractivity contribution in [1.82, 2.24) is 19.5 Å². The lowest BCUT2D eigenvalue weighted by molar-refractivity contribution is 0.0992. The number of ketones is 1. The highest BCUT2D eigenvalue weighted by Gasteiger charge is 2.19. The van der Waals surface area contributed by atoms with E-state index in [-0.39, 0.29) is 17.3 Å². The number of anilines is 1. The highest BCUT2D eigenvalue weighted by atomic mass is 16.1. The van der Waals surface area contributed by atoms with Crippen LogP contribution in [0.15, 0.2) is 30.9 Å². The Morgan fingerprint density at radius 3 is 2.59 bits per heavy atom. The zero-order chi connectivity index (χ0) is 15.9. The lowest BCUT2D eigenvalue weighted by Gasteiger charge is -2.01. The number of rotatable bonds is 3. The topological polar surface area (TPSA) is 130 Å². The van der Waals surface area contributed by atoms with Gasteiger partial charge in [-0.15, -0.1) is 0 Å². The van der Waals surface area contributed by atoms with Crippen molar-refractivity contribution < 1.29 is 9.59 Å². The molecule has 22 heavy (non-hydrogen) atoms. The van der Waals surface area contributed by atoms with Gasteiger partial charge in [0, 0.05) is 25.0 Å². The number of aryl methyl sites for hydroxylation is 1. The summed E-state index contributed by atoms with van der Waals surface area (Å²) in [6.07, 6.45) is 4.29.